The van der Waals surface area contributed by atoms with E-state index in [1.165, 1.54) is 31.2 Å². The molecule has 2 aromatic rings. The van der Waals surface area contributed by atoms with Gasteiger partial charge in [-0.3, -0.25) is 14.3 Å². The highest BCUT2D eigenvalue weighted by Crippen LogP contribution is 2.15. The Morgan fingerprint density at radius 1 is 1.10 bits per heavy atom. The minimum atomic E-state index is -3.39. The molecule has 0 aliphatic heterocycles. The third-order valence-electron chi connectivity index (χ3n) is 3.93. The van der Waals surface area contributed by atoms with E-state index in [1.54, 1.807) is 0 Å². The van der Waals surface area contributed by atoms with E-state index >= 15 is 0 Å². The molecule has 0 radical (unpaired) electrons. The van der Waals surface area contributed by atoms with E-state index in [1.807, 2.05) is 31.2 Å². The molecule has 0 fully saturated rings. The van der Waals surface area contributed by atoms with Gasteiger partial charge >= 0.3 is 5.97 Å². The van der Waals surface area contributed by atoms with Gasteiger partial charge in [0.25, 0.3) is 0 Å². The van der Waals surface area contributed by atoms with Gasteiger partial charge in [0.05, 0.1) is 12.9 Å². The molecule has 1 atom stereocenters. The molecule has 0 aliphatic rings. The first kappa shape index (κ1) is 22.4. The number of rotatable bonds is 10. The van der Waals surface area contributed by atoms with E-state index in [0.29, 0.717) is 24.3 Å². The van der Waals surface area contributed by atoms with Crippen LogP contribution in [0.3, 0.4) is 0 Å². The molecule has 8 heteroatoms. The van der Waals surface area contributed by atoms with Crippen molar-refractivity contribution in [1.29, 1.82) is 0 Å². The van der Waals surface area contributed by atoms with Crippen LogP contribution in [0.25, 0.3) is 0 Å². The second-order valence-corrected chi connectivity index (χ2v) is 8.46. The summed E-state index contributed by atoms with van der Waals surface area (Å²) >= 11 is 0. The molecule has 1 N–H and O–H groups in total. The van der Waals surface area contributed by atoms with Crippen LogP contribution in [0.2, 0.25) is 0 Å². The first-order valence-electron chi connectivity index (χ1n) is 9.15. The van der Waals surface area contributed by atoms with Gasteiger partial charge in [-0.25, -0.2) is 8.42 Å². The van der Waals surface area contributed by atoms with Crippen molar-refractivity contribution >= 4 is 27.5 Å². The van der Waals surface area contributed by atoms with Crippen LogP contribution in [-0.4, -0.2) is 39.1 Å². The summed E-state index contributed by atoms with van der Waals surface area (Å²) in [7, 11) is -3.39. The SMILES string of the molecule is Cc1cccc(OCCCC(=O)OC(C)C(=O)c2ccc(NS(C)(=O)=O)cc2)c1. The average molecular weight is 419 g/mol. The topological polar surface area (TPSA) is 98.8 Å². The second kappa shape index (κ2) is 10.1. The van der Waals surface area contributed by atoms with Crippen LogP contribution in [0.1, 0.15) is 35.7 Å². The lowest BCUT2D eigenvalue weighted by Gasteiger charge is -2.13. The molecule has 156 valence electrons. The molecule has 0 spiro atoms. The maximum Gasteiger partial charge on any atom is 0.306 e. The van der Waals surface area contributed by atoms with Gasteiger partial charge < -0.3 is 9.47 Å². The van der Waals surface area contributed by atoms with Gasteiger partial charge in [0.1, 0.15) is 5.75 Å². The van der Waals surface area contributed by atoms with E-state index in [0.717, 1.165) is 17.6 Å². The fourth-order valence-electron chi connectivity index (χ4n) is 2.57. The Labute approximate surface area is 171 Å². The lowest BCUT2D eigenvalue weighted by Crippen LogP contribution is -2.24. The Morgan fingerprint density at radius 3 is 2.41 bits per heavy atom. The van der Waals surface area contributed by atoms with E-state index in [2.05, 4.69) is 4.72 Å². The van der Waals surface area contributed by atoms with Crippen LogP contribution >= 0.6 is 0 Å². The lowest BCUT2D eigenvalue weighted by molar-refractivity contribution is -0.146. The van der Waals surface area contributed by atoms with Crippen molar-refractivity contribution in [3.63, 3.8) is 0 Å². The predicted octanol–water partition coefficient (Wildman–Crippen LogP) is 3.34. The summed E-state index contributed by atoms with van der Waals surface area (Å²) in [6.07, 6.45) is 0.716. The van der Waals surface area contributed by atoms with Crippen LogP contribution in [0.5, 0.6) is 5.75 Å². The maximum atomic E-state index is 12.4. The average Bonchev–Trinajstić information content (AvgIpc) is 2.64. The summed E-state index contributed by atoms with van der Waals surface area (Å²) in [6.45, 7) is 3.85. The molecule has 1 unspecified atom stereocenters. The van der Waals surface area contributed by atoms with Gasteiger partial charge in [0, 0.05) is 17.7 Å². The Balaban J connectivity index is 1.77. The van der Waals surface area contributed by atoms with Gasteiger partial charge in [0.15, 0.2) is 6.10 Å². The molecule has 7 nitrogen and oxygen atoms in total. The van der Waals surface area contributed by atoms with Crippen LogP contribution in [-0.2, 0) is 19.6 Å². The van der Waals surface area contributed by atoms with Crippen LogP contribution in [0.4, 0.5) is 5.69 Å². The minimum absolute atomic E-state index is 0.140. The summed E-state index contributed by atoms with van der Waals surface area (Å²) in [5.74, 6) is -0.0926. The zero-order chi connectivity index (χ0) is 21.4. The largest absolute Gasteiger partial charge is 0.494 e. The minimum Gasteiger partial charge on any atom is -0.494 e. The molecule has 2 aromatic carbocycles. The van der Waals surface area contributed by atoms with E-state index < -0.39 is 22.1 Å². The number of hydrogen-bond acceptors (Lipinski definition) is 6. The first-order chi connectivity index (χ1) is 13.6. The van der Waals surface area contributed by atoms with Crippen LogP contribution in [0.15, 0.2) is 48.5 Å². The Hall–Kier alpha value is -2.87. The molecular formula is C21H25NO6S. The molecule has 0 heterocycles. The number of aryl methyl sites for hydroxylation is 1. The summed E-state index contributed by atoms with van der Waals surface area (Å²) < 4.78 is 35.5. The smallest absolute Gasteiger partial charge is 0.306 e. The van der Waals surface area contributed by atoms with Gasteiger partial charge in [-0.05, 0) is 62.2 Å². The lowest BCUT2D eigenvalue weighted by atomic mass is 10.1. The van der Waals surface area contributed by atoms with Crippen LogP contribution < -0.4 is 9.46 Å². The number of carbonyl (C=O) groups is 2. The third kappa shape index (κ3) is 7.95. The van der Waals surface area contributed by atoms with Crippen molar-refractivity contribution in [3.8, 4) is 5.75 Å². The number of hydrogen-bond donors (Lipinski definition) is 1. The van der Waals surface area contributed by atoms with Gasteiger partial charge in [-0.1, -0.05) is 12.1 Å². The first-order valence-corrected chi connectivity index (χ1v) is 11.0. The monoisotopic (exact) mass is 419 g/mol. The Bertz CT molecular complexity index is 953. The normalized spacial score (nSPS) is 12.1. The highest BCUT2D eigenvalue weighted by molar-refractivity contribution is 7.92. The number of benzene rings is 2. The zero-order valence-electron chi connectivity index (χ0n) is 16.7. The van der Waals surface area contributed by atoms with Gasteiger partial charge in [-0.15, -0.1) is 0 Å². The molecule has 0 aromatic heterocycles. The third-order valence-corrected chi connectivity index (χ3v) is 4.54. The predicted molar refractivity (Wildman–Crippen MR) is 111 cm³/mol. The summed E-state index contributed by atoms with van der Waals surface area (Å²) in [5.41, 5.74) is 1.77. The fourth-order valence-corrected chi connectivity index (χ4v) is 3.14. The number of esters is 1. The van der Waals surface area contributed by atoms with Crippen molar-refractivity contribution < 1.29 is 27.5 Å². The molecule has 0 bridgehead atoms. The molecule has 29 heavy (non-hydrogen) atoms. The van der Waals surface area contributed by atoms with E-state index in [9.17, 15) is 18.0 Å². The number of anilines is 1. The molecular weight excluding hydrogens is 394 g/mol. The Morgan fingerprint density at radius 2 is 1.79 bits per heavy atom. The molecule has 2 rings (SSSR count). The standard InChI is InChI=1S/C21H25NO6S/c1-15-6-4-7-19(14-15)27-13-5-8-20(23)28-16(2)21(24)17-9-11-18(12-10-17)22-29(3,25)26/h4,6-7,9-12,14,16,22H,5,8,13H2,1-3H3. The van der Waals surface area contributed by atoms with E-state index in [-0.39, 0.29) is 12.2 Å². The molecule has 0 amide bonds. The number of Topliss-reactive ketones (excluding diaryl/α,β-unsaturated/α-hetero) is 1. The quantitative estimate of drug-likeness (QED) is 0.360. The van der Waals surface area contributed by atoms with Gasteiger partial charge in [0.2, 0.25) is 15.8 Å². The summed E-state index contributed by atoms with van der Waals surface area (Å²) in [5, 5.41) is 0. The van der Waals surface area contributed by atoms with Crippen LogP contribution in [0, 0.1) is 6.92 Å². The Kier molecular flexibility index (Phi) is 7.78. The van der Waals surface area contributed by atoms with Crippen molar-refractivity contribution in [1.82, 2.24) is 0 Å². The summed E-state index contributed by atoms with van der Waals surface area (Å²) in [6, 6.07) is 13.6. The second-order valence-electron chi connectivity index (χ2n) is 6.72. The highest BCUT2D eigenvalue weighted by Gasteiger charge is 2.19. The van der Waals surface area contributed by atoms with Crippen molar-refractivity contribution in [2.75, 3.05) is 17.6 Å². The molecule has 0 aliphatic carbocycles. The number of sulfonamides is 1. The molecule has 0 saturated heterocycles. The van der Waals surface area contributed by atoms with Crippen molar-refractivity contribution in [2.24, 2.45) is 0 Å². The number of carbonyl (C=O) groups excluding carboxylic acids is 2. The molecule has 0 saturated carbocycles. The van der Waals surface area contributed by atoms with Gasteiger partial charge in [-0.2, -0.15) is 0 Å². The zero-order valence-corrected chi connectivity index (χ0v) is 17.5. The summed E-state index contributed by atoms with van der Waals surface area (Å²) in [4.78, 5) is 24.3. The maximum absolute atomic E-state index is 12.4. The van der Waals surface area contributed by atoms with Crippen molar-refractivity contribution in [2.45, 2.75) is 32.8 Å². The fraction of sp³-hybridized carbons (Fsp3) is 0.333. The highest BCUT2D eigenvalue weighted by atomic mass is 32.2. The number of nitrogens with one attached hydrogen (secondary N) is 1. The van der Waals surface area contributed by atoms with E-state index in [4.69, 9.17) is 9.47 Å². The number of ketones is 1. The number of ether oxygens (including phenoxy) is 2. The van der Waals surface area contributed by atoms with Crippen molar-refractivity contribution in [3.05, 3.63) is 59.7 Å².